The Labute approximate surface area is 174 Å². The van der Waals surface area contributed by atoms with Gasteiger partial charge in [-0.05, 0) is 60.0 Å². The summed E-state index contributed by atoms with van der Waals surface area (Å²) in [6, 6.07) is 17.1. The standard InChI is InChI=1S/C21H22N6OS/c1-3-4-7-16-10-12-18(13-11-16)27-21(24-25-26-27)29-15(2)20(28)23-19-9-6-5-8-17(19)14-22/h5-6,8-13,15H,3-4,7H2,1-2H3,(H,23,28)/t15-/m0/s1. The Morgan fingerprint density at radius 1 is 1.24 bits per heavy atom. The van der Waals surface area contributed by atoms with Gasteiger partial charge in [0, 0.05) is 0 Å². The average Bonchev–Trinajstić information content (AvgIpc) is 3.21. The second-order valence-corrected chi connectivity index (χ2v) is 7.86. The van der Waals surface area contributed by atoms with Gasteiger partial charge in [-0.3, -0.25) is 4.79 Å². The Hall–Kier alpha value is -3.18. The highest BCUT2D eigenvalue weighted by Crippen LogP contribution is 2.25. The smallest absolute Gasteiger partial charge is 0.237 e. The number of benzene rings is 2. The second-order valence-electron chi connectivity index (χ2n) is 6.55. The minimum absolute atomic E-state index is 0.220. The van der Waals surface area contributed by atoms with Gasteiger partial charge in [-0.1, -0.05) is 49.4 Å². The van der Waals surface area contributed by atoms with Crippen LogP contribution >= 0.6 is 11.8 Å². The Morgan fingerprint density at radius 2 is 2.00 bits per heavy atom. The zero-order valence-electron chi connectivity index (χ0n) is 16.4. The summed E-state index contributed by atoms with van der Waals surface area (Å²) < 4.78 is 1.63. The van der Waals surface area contributed by atoms with E-state index in [1.54, 1.807) is 35.9 Å². The van der Waals surface area contributed by atoms with E-state index >= 15 is 0 Å². The number of nitrogens with zero attached hydrogens (tertiary/aromatic N) is 5. The van der Waals surface area contributed by atoms with Gasteiger partial charge in [0.15, 0.2) is 0 Å². The van der Waals surface area contributed by atoms with Crippen molar-refractivity contribution in [3.05, 3.63) is 59.7 Å². The summed E-state index contributed by atoms with van der Waals surface area (Å²) in [4.78, 5) is 12.6. The molecule has 0 bridgehead atoms. The summed E-state index contributed by atoms with van der Waals surface area (Å²) in [5.74, 6) is -0.220. The number of thioether (sulfide) groups is 1. The third kappa shape index (κ3) is 5.21. The van der Waals surface area contributed by atoms with Crippen molar-refractivity contribution in [1.82, 2.24) is 20.2 Å². The van der Waals surface area contributed by atoms with E-state index < -0.39 is 5.25 Å². The molecule has 0 saturated carbocycles. The van der Waals surface area contributed by atoms with Gasteiger partial charge in [0.2, 0.25) is 11.1 Å². The van der Waals surface area contributed by atoms with Crippen LogP contribution in [0.5, 0.6) is 0 Å². The molecule has 0 fully saturated rings. The molecule has 0 aliphatic rings. The lowest BCUT2D eigenvalue weighted by molar-refractivity contribution is -0.115. The number of para-hydroxylation sites is 1. The fourth-order valence-electron chi connectivity index (χ4n) is 2.73. The lowest BCUT2D eigenvalue weighted by Crippen LogP contribution is -2.23. The maximum atomic E-state index is 12.6. The number of carbonyl (C=O) groups excluding carboxylic acids is 1. The molecular weight excluding hydrogens is 384 g/mol. The van der Waals surface area contributed by atoms with Gasteiger partial charge >= 0.3 is 0 Å². The van der Waals surface area contributed by atoms with E-state index in [2.05, 4.69) is 46.0 Å². The molecule has 3 rings (SSSR count). The summed E-state index contributed by atoms with van der Waals surface area (Å²) in [5, 5.41) is 23.9. The molecule has 3 aromatic rings. The van der Waals surface area contributed by atoms with Gasteiger partial charge in [0.05, 0.1) is 22.2 Å². The Morgan fingerprint density at radius 3 is 2.72 bits per heavy atom. The number of carbonyl (C=O) groups is 1. The van der Waals surface area contributed by atoms with Crippen LogP contribution in [0.2, 0.25) is 0 Å². The molecule has 0 saturated heterocycles. The zero-order valence-corrected chi connectivity index (χ0v) is 17.2. The number of nitrogens with one attached hydrogen (secondary N) is 1. The normalized spacial score (nSPS) is 11.6. The number of rotatable bonds is 8. The first-order chi connectivity index (χ1) is 14.1. The van der Waals surface area contributed by atoms with Crippen molar-refractivity contribution in [1.29, 1.82) is 5.26 Å². The molecule has 8 heteroatoms. The van der Waals surface area contributed by atoms with Crippen molar-refractivity contribution in [2.45, 2.75) is 43.5 Å². The van der Waals surface area contributed by atoms with E-state index in [1.807, 2.05) is 12.1 Å². The molecule has 0 unspecified atom stereocenters. The van der Waals surface area contributed by atoms with Crippen LogP contribution in [0.3, 0.4) is 0 Å². The summed E-state index contributed by atoms with van der Waals surface area (Å²) in [6.45, 7) is 3.96. The van der Waals surface area contributed by atoms with Crippen molar-refractivity contribution in [3.8, 4) is 11.8 Å². The first-order valence-electron chi connectivity index (χ1n) is 9.46. The Bertz CT molecular complexity index is 1010. The highest BCUT2D eigenvalue weighted by atomic mass is 32.2. The number of anilines is 1. The topological polar surface area (TPSA) is 96.5 Å². The molecule has 1 aromatic heterocycles. The van der Waals surface area contributed by atoms with Gasteiger partial charge in [-0.2, -0.15) is 9.94 Å². The van der Waals surface area contributed by atoms with Crippen molar-refractivity contribution in [2.24, 2.45) is 0 Å². The van der Waals surface area contributed by atoms with E-state index in [4.69, 9.17) is 0 Å². The van der Waals surface area contributed by atoms with Crippen LogP contribution in [0.25, 0.3) is 5.69 Å². The molecule has 1 atom stereocenters. The first kappa shape index (κ1) is 20.6. The number of aryl methyl sites for hydroxylation is 1. The fraction of sp³-hybridized carbons (Fsp3) is 0.286. The minimum atomic E-state index is -0.449. The molecule has 0 radical (unpaired) electrons. The SMILES string of the molecule is CCCCc1ccc(-n2nnnc2S[C@@H](C)C(=O)Nc2ccccc2C#N)cc1. The summed E-state index contributed by atoms with van der Waals surface area (Å²) in [7, 11) is 0. The van der Waals surface area contributed by atoms with Crippen molar-refractivity contribution < 1.29 is 4.79 Å². The predicted octanol–water partition coefficient (Wildman–Crippen LogP) is 4.00. The monoisotopic (exact) mass is 406 g/mol. The Kier molecular flexibility index (Phi) is 6.98. The molecule has 29 heavy (non-hydrogen) atoms. The predicted molar refractivity (Wildman–Crippen MR) is 113 cm³/mol. The summed E-state index contributed by atoms with van der Waals surface area (Å²) in [5.41, 5.74) is 3.04. The van der Waals surface area contributed by atoms with E-state index in [0.717, 1.165) is 24.9 Å². The maximum Gasteiger partial charge on any atom is 0.237 e. The number of aromatic nitrogens is 4. The minimum Gasteiger partial charge on any atom is -0.324 e. The van der Waals surface area contributed by atoms with Crippen molar-refractivity contribution in [3.63, 3.8) is 0 Å². The highest BCUT2D eigenvalue weighted by Gasteiger charge is 2.20. The third-order valence-corrected chi connectivity index (χ3v) is 5.43. The van der Waals surface area contributed by atoms with Crippen LogP contribution < -0.4 is 5.32 Å². The molecule has 7 nitrogen and oxygen atoms in total. The molecule has 0 aliphatic heterocycles. The fourth-order valence-corrected chi connectivity index (χ4v) is 3.54. The van der Waals surface area contributed by atoms with Crippen molar-refractivity contribution >= 4 is 23.4 Å². The quantitative estimate of drug-likeness (QED) is 0.568. The molecular formula is C21H22N6OS. The molecule has 148 valence electrons. The van der Waals surface area contributed by atoms with Crippen LogP contribution in [-0.2, 0) is 11.2 Å². The number of tetrazole rings is 1. The summed E-state index contributed by atoms with van der Waals surface area (Å²) in [6.07, 6.45) is 3.37. The Balaban J connectivity index is 1.69. The van der Waals surface area contributed by atoms with E-state index in [0.29, 0.717) is 16.4 Å². The van der Waals surface area contributed by atoms with Gasteiger partial charge in [-0.25, -0.2) is 0 Å². The second kappa shape index (κ2) is 9.85. The summed E-state index contributed by atoms with van der Waals surface area (Å²) >= 11 is 1.26. The third-order valence-electron chi connectivity index (χ3n) is 4.40. The lowest BCUT2D eigenvalue weighted by Gasteiger charge is -2.12. The molecule has 0 aliphatic carbocycles. The van der Waals surface area contributed by atoms with E-state index in [1.165, 1.54) is 17.3 Å². The molecule has 2 aromatic carbocycles. The molecule has 1 N–H and O–H groups in total. The van der Waals surface area contributed by atoms with Crippen LogP contribution in [0, 0.1) is 11.3 Å². The van der Waals surface area contributed by atoms with E-state index in [-0.39, 0.29) is 5.91 Å². The average molecular weight is 407 g/mol. The zero-order chi connectivity index (χ0) is 20.6. The lowest BCUT2D eigenvalue weighted by atomic mass is 10.1. The van der Waals surface area contributed by atoms with Gasteiger partial charge in [0.1, 0.15) is 6.07 Å². The number of amides is 1. The van der Waals surface area contributed by atoms with Gasteiger partial charge in [0.25, 0.3) is 0 Å². The van der Waals surface area contributed by atoms with Gasteiger partial charge < -0.3 is 5.32 Å². The van der Waals surface area contributed by atoms with Crippen LogP contribution in [0.1, 0.15) is 37.8 Å². The number of hydrogen-bond acceptors (Lipinski definition) is 6. The number of hydrogen-bond donors (Lipinski definition) is 1. The molecule has 1 heterocycles. The maximum absolute atomic E-state index is 12.6. The van der Waals surface area contributed by atoms with Gasteiger partial charge in [-0.15, -0.1) is 5.10 Å². The van der Waals surface area contributed by atoms with Crippen molar-refractivity contribution in [2.75, 3.05) is 5.32 Å². The molecule has 1 amide bonds. The molecule has 0 spiro atoms. The van der Waals surface area contributed by atoms with E-state index in [9.17, 15) is 10.1 Å². The largest absolute Gasteiger partial charge is 0.324 e. The first-order valence-corrected chi connectivity index (χ1v) is 10.3. The highest BCUT2D eigenvalue weighted by molar-refractivity contribution is 8.00. The van der Waals surface area contributed by atoms with Crippen LogP contribution in [-0.4, -0.2) is 31.4 Å². The van der Waals surface area contributed by atoms with Crippen LogP contribution in [0.15, 0.2) is 53.7 Å². The number of unbranched alkanes of at least 4 members (excludes halogenated alkanes) is 1. The van der Waals surface area contributed by atoms with Crippen LogP contribution in [0.4, 0.5) is 5.69 Å². The number of nitriles is 1.